The number of aryl methyl sites for hydroxylation is 2. The van der Waals surface area contributed by atoms with Crippen LogP contribution in [0.5, 0.6) is 0 Å². The van der Waals surface area contributed by atoms with Crippen molar-refractivity contribution in [3.05, 3.63) is 39.8 Å². The van der Waals surface area contributed by atoms with Crippen molar-refractivity contribution in [3.63, 3.8) is 0 Å². The second kappa shape index (κ2) is 9.23. The van der Waals surface area contributed by atoms with E-state index in [1.807, 2.05) is 13.8 Å². The van der Waals surface area contributed by atoms with Crippen molar-refractivity contribution < 1.29 is 13.2 Å². The first-order valence-electron chi connectivity index (χ1n) is 9.81. The zero-order chi connectivity index (χ0) is 21.0. The highest BCUT2D eigenvalue weighted by molar-refractivity contribution is 7.92. The van der Waals surface area contributed by atoms with Gasteiger partial charge in [-0.2, -0.15) is 0 Å². The van der Waals surface area contributed by atoms with Crippen molar-refractivity contribution in [3.8, 4) is 0 Å². The van der Waals surface area contributed by atoms with Crippen molar-refractivity contribution in [1.29, 1.82) is 0 Å². The van der Waals surface area contributed by atoms with Gasteiger partial charge in [-0.25, -0.2) is 13.4 Å². The lowest BCUT2D eigenvalue weighted by atomic mass is 9.95. The van der Waals surface area contributed by atoms with Crippen LogP contribution in [0.2, 0.25) is 0 Å². The molecule has 1 amide bonds. The van der Waals surface area contributed by atoms with Gasteiger partial charge in [0.25, 0.3) is 0 Å². The number of anilines is 2. The third-order valence-electron chi connectivity index (χ3n) is 5.15. The van der Waals surface area contributed by atoms with Gasteiger partial charge < -0.3 is 5.32 Å². The number of benzene rings is 1. The van der Waals surface area contributed by atoms with Crippen LogP contribution in [0.3, 0.4) is 0 Å². The van der Waals surface area contributed by atoms with E-state index in [9.17, 15) is 13.2 Å². The SMILES string of the molecule is CCS(=O)(=O)Nc1ccc(NC(=O)C2CCN(Cc3csc(C)n3)CC2)cc1C. The first-order valence-corrected chi connectivity index (χ1v) is 12.3. The molecule has 0 atom stereocenters. The average Bonchev–Trinajstić information content (AvgIpc) is 3.09. The number of piperidine rings is 1. The van der Waals surface area contributed by atoms with Crippen LogP contribution in [0.4, 0.5) is 11.4 Å². The van der Waals surface area contributed by atoms with Crippen LogP contribution in [0.1, 0.15) is 36.0 Å². The molecule has 1 fully saturated rings. The molecule has 9 heteroatoms. The maximum absolute atomic E-state index is 12.7. The molecule has 0 aliphatic carbocycles. The molecule has 2 heterocycles. The molecule has 29 heavy (non-hydrogen) atoms. The van der Waals surface area contributed by atoms with Gasteiger partial charge in [0.15, 0.2) is 0 Å². The quantitative estimate of drug-likeness (QED) is 0.694. The first-order chi connectivity index (χ1) is 13.8. The fourth-order valence-electron chi connectivity index (χ4n) is 3.40. The Labute approximate surface area is 176 Å². The number of nitrogens with one attached hydrogen (secondary N) is 2. The molecule has 1 aliphatic heterocycles. The number of hydrogen-bond acceptors (Lipinski definition) is 6. The molecule has 1 aromatic heterocycles. The maximum atomic E-state index is 12.7. The van der Waals surface area contributed by atoms with E-state index in [-0.39, 0.29) is 17.6 Å². The zero-order valence-electron chi connectivity index (χ0n) is 17.1. The summed E-state index contributed by atoms with van der Waals surface area (Å²) in [4.78, 5) is 19.5. The third kappa shape index (κ3) is 6.01. The Bertz CT molecular complexity index is 964. The molecule has 0 spiro atoms. The highest BCUT2D eigenvalue weighted by atomic mass is 32.2. The molecule has 158 valence electrons. The standard InChI is InChI=1S/C20H28N4O3S2/c1-4-29(26,27)23-19-6-5-17(11-14(19)2)22-20(25)16-7-9-24(10-8-16)12-18-13-28-15(3)21-18/h5-6,11,13,16,23H,4,7-10,12H2,1-3H3,(H,22,25). The Morgan fingerprint density at radius 3 is 2.59 bits per heavy atom. The summed E-state index contributed by atoms with van der Waals surface area (Å²) in [5.74, 6) is 0.0311. The number of hydrogen-bond donors (Lipinski definition) is 2. The van der Waals surface area contributed by atoms with Gasteiger partial charge in [0, 0.05) is 23.5 Å². The predicted molar refractivity (Wildman–Crippen MR) is 118 cm³/mol. The van der Waals surface area contributed by atoms with Gasteiger partial charge >= 0.3 is 0 Å². The van der Waals surface area contributed by atoms with E-state index < -0.39 is 10.0 Å². The number of amides is 1. The normalized spacial score (nSPS) is 16.0. The Kier molecular flexibility index (Phi) is 6.92. The van der Waals surface area contributed by atoms with Gasteiger partial charge in [-0.1, -0.05) is 0 Å². The second-order valence-electron chi connectivity index (χ2n) is 7.43. The third-order valence-corrected chi connectivity index (χ3v) is 7.26. The number of likely N-dealkylation sites (tertiary alicyclic amines) is 1. The lowest BCUT2D eigenvalue weighted by Crippen LogP contribution is -2.37. The Morgan fingerprint density at radius 1 is 1.28 bits per heavy atom. The summed E-state index contributed by atoms with van der Waals surface area (Å²) >= 11 is 1.67. The molecule has 2 aromatic rings. The van der Waals surface area contributed by atoms with Crippen molar-refractivity contribution in [1.82, 2.24) is 9.88 Å². The molecule has 0 unspecified atom stereocenters. The average molecular weight is 437 g/mol. The zero-order valence-corrected chi connectivity index (χ0v) is 18.7. The molecule has 7 nitrogen and oxygen atoms in total. The number of carbonyl (C=O) groups is 1. The lowest BCUT2D eigenvalue weighted by Gasteiger charge is -2.30. The molecule has 3 rings (SSSR count). The summed E-state index contributed by atoms with van der Waals surface area (Å²) in [6.07, 6.45) is 1.64. The van der Waals surface area contributed by atoms with E-state index in [4.69, 9.17) is 0 Å². The van der Waals surface area contributed by atoms with E-state index in [2.05, 4.69) is 25.3 Å². The fourth-order valence-corrected chi connectivity index (χ4v) is 4.72. The Morgan fingerprint density at radius 2 is 2.00 bits per heavy atom. The minimum atomic E-state index is -3.32. The highest BCUT2D eigenvalue weighted by Crippen LogP contribution is 2.24. The molecule has 0 radical (unpaired) electrons. The molecule has 0 bridgehead atoms. The number of carbonyl (C=O) groups excluding carboxylic acids is 1. The summed E-state index contributed by atoms with van der Waals surface area (Å²) in [7, 11) is -3.32. The Hall–Kier alpha value is -1.97. The van der Waals surface area contributed by atoms with Crippen LogP contribution >= 0.6 is 11.3 Å². The fraction of sp³-hybridized carbons (Fsp3) is 0.500. The molecule has 2 N–H and O–H groups in total. The van der Waals surface area contributed by atoms with Gasteiger partial charge in [0.05, 0.1) is 22.1 Å². The van der Waals surface area contributed by atoms with Crippen LogP contribution < -0.4 is 10.0 Å². The van der Waals surface area contributed by atoms with Gasteiger partial charge in [-0.15, -0.1) is 11.3 Å². The van der Waals surface area contributed by atoms with Crippen molar-refractivity contribution in [2.75, 3.05) is 28.9 Å². The highest BCUT2D eigenvalue weighted by Gasteiger charge is 2.25. The molecular formula is C20H28N4O3S2. The maximum Gasteiger partial charge on any atom is 0.232 e. The largest absolute Gasteiger partial charge is 0.326 e. The number of aromatic nitrogens is 1. The molecule has 1 aromatic carbocycles. The molecule has 1 saturated heterocycles. The number of sulfonamides is 1. The lowest BCUT2D eigenvalue weighted by molar-refractivity contribution is -0.121. The molecular weight excluding hydrogens is 408 g/mol. The van der Waals surface area contributed by atoms with Gasteiger partial charge in [-0.05, 0) is 70.5 Å². The van der Waals surface area contributed by atoms with E-state index >= 15 is 0 Å². The van der Waals surface area contributed by atoms with Gasteiger partial charge in [0.1, 0.15) is 0 Å². The van der Waals surface area contributed by atoms with E-state index in [1.54, 1.807) is 36.5 Å². The van der Waals surface area contributed by atoms with Crippen LogP contribution in [0.25, 0.3) is 0 Å². The van der Waals surface area contributed by atoms with Crippen LogP contribution in [0, 0.1) is 19.8 Å². The predicted octanol–water partition coefficient (Wildman–Crippen LogP) is 3.37. The minimum Gasteiger partial charge on any atom is -0.326 e. The number of nitrogens with zero attached hydrogens (tertiary/aromatic N) is 2. The Balaban J connectivity index is 1.52. The van der Waals surface area contributed by atoms with E-state index in [0.717, 1.165) is 48.7 Å². The van der Waals surface area contributed by atoms with Crippen molar-refractivity contribution in [2.45, 2.75) is 40.2 Å². The van der Waals surface area contributed by atoms with Crippen LogP contribution in [-0.4, -0.2) is 43.1 Å². The monoisotopic (exact) mass is 436 g/mol. The first kappa shape index (κ1) is 21.7. The summed E-state index contributed by atoms with van der Waals surface area (Å²) in [6.45, 7) is 8.03. The smallest absolute Gasteiger partial charge is 0.232 e. The second-order valence-corrected chi connectivity index (χ2v) is 10.5. The van der Waals surface area contributed by atoms with Crippen molar-refractivity contribution >= 4 is 38.6 Å². The molecule has 1 aliphatic rings. The number of thiazole rings is 1. The topological polar surface area (TPSA) is 91.4 Å². The van der Waals surface area contributed by atoms with Crippen LogP contribution in [-0.2, 0) is 21.4 Å². The van der Waals surface area contributed by atoms with E-state index in [1.165, 1.54) is 0 Å². The van der Waals surface area contributed by atoms with Gasteiger partial charge in [0.2, 0.25) is 15.9 Å². The number of rotatable bonds is 7. The summed E-state index contributed by atoms with van der Waals surface area (Å²) in [6, 6.07) is 5.22. The summed E-state index contributed by atoms with van der Waals surface area (Å²) < 4.78 is 26.0. The van der Waals surface area contributed by atoms with Crippen molar-refractivity contribution in [2.24, 2.45) is 5.92 Å². The van der Waals surface area contributed by atoms with Crippen LogP contribution in [0.15, 0.2) is 23.6 Å². The minimum absolute atomic E-state index is 0.0120. The summed E-state index contributed by atoms with van der Waals surface area (Å²) in [5.41, 5.74) is 3.10. The van der Waals surface area contributed by atoms with E-state index in [0.29, 0.717) is 11.4 Å². The summed E-state index contributed by atoms with van der Waals surface area (Å²) in [5, 5.41) is 6.16. The molecule has 0 saturated carbocycles. The van der Waals surface area contributed by atoms with Gasteiger partial charge in [-0.3, -0.25) is 14.4 Å².